The monoisotopic (exact) mass is 193 g/mol. The van der Waals surface area contributed by atoms with E-state index in [-0.39, 0.29) is 18.0 Å². The van der Waals surface area contributed by atoms with Crippen molar-refractivity contribution in [2.75, 3.05) is 0 Å². The number of rotatable bonds is 4. The van der Waals surface area contributed by atoms with Gasteiger partial charge in [0, 0.05) is 18.4 Å². The van der Waals surface area contributed by atoms with Crippen LogP contribution in [-0.2, 0) is 4.79 Å². The first-order valence-electron chi connectivity index (χ1n) is 4.56. The second-order valence-corrected chi connectivity index (χ2v) is 3.29. The average molecular weight is 193 g/mol. The zero-order chi connectivity index (χ0) is 10.6. The Bertz CT molecular complexity index is 299. The molecule has 0 saturated carbocycles. The van der Waals surface area contributed by atoms with Gasteiger partial charge in [0.2, 0.25) is 5.91 Å². The zero-order valence-electron chi connectivity index (χ0n) is 8.40. The number of nitrogens with two attached hydrogens (primary N) is 1. The fraction of sp³-hybridized carbons (Fsp3) is 0.400. The molecule has 0 aromatic carbocycles. The molecule has 3 N–H and O–H groups in total. The minimum atomic E-state index is -0.342. The number of carbonyl (C=O) groups is 1. The van der Waals surface area contributed by atoms with Gasteiger partial charge in [0.15, 0.2) is 0 Å². The van der Waals surface area contributed by atoms with Gasteiger partial charge in [-0.3, -0.25) is 15.1 Å². The van der Waals surface area contributed by atoms with E-state index in [1.54, 1.807) is 19.3 Å². The average Bonchev–Trinajstić information content (AvgIpc) is 2.19. The first kappa shape index (κ1) is 10.7. The van der Waals surface area contributed by atoms with E-state index >= 15 is 0 Å². The van der Waals surface area contributed by atoms with E-state index in [1.807, 2.05) is 19.1 Å². The Balaban J connectivity index is 2.59. The van der Waals surface area contributed by atoms with Crippen LogP contribution in [0.2, 0.25) is 0 Å². The van der Waals surface area contributed by atoms with Gasteiger partial charge in [-0.05, 0) is 31.5 Å². The van der Waals surface area contributed by atoms with E-state index in [4.69, 9.17) is 5.73 Å². The van der Waals surface area contributed by atoms with Crippen LogP contribution in [0.5, 0.6) is 0 Å². The largest absolute Gasteiger partial charge is 0.368 e. The van der Waals surface area contributed by atoms with Gasteiger partial charge in [0.25, 0.3) is 0 Å². The molecule has 1 aromatic rings. The highest BCUT2D eigenvalue weighted by Crippen LogP contribution is 2.10. The number of pyridine rings is 1. The molecule has 0 radical (unpaired) electrons. The van der Waals surface area contributed by atoms with Gasteiger partial charge >= 0.3 is 0 Å². The lowest BCUT2D eigenvalue weighted by molar-refractivity contribution is -0.119. The summed E-state index contributed by atoms with van der Waals surface area (Å²) < 4.78 is 0. The Hall–Kier alpha value is -1.42. The van der Waals surface area contributed by atoms with Crippen LogP contribution in [0.15, 0.2) is 24.5 Å². The molecule has 0 fully saturated rings. The molecule has 1 aromatic heterocycles. The van der Waals surface area contributed by atoms with Crippen molar-refractivity contribution in [1.29, 1.82) is 0 Å². The van der Waals surface area contributed by atoms with Gasteiger partial charge in [-0.1, -0.05) is 0 Å². The molecule has 0 spiro atoms. The van der Waals surface area contributed by atoms with E-state index in [2.05, 4.69) is 10.3 Å². The van der Waals surface area contributed by atoms with Gasteiger partial charge in [-0.2, -0.15) is 0 Å². The summed E-state index contributed by atoms with van der Waals surface area (Å²) in [7, 11) is 0. The molecule has 4 nitrogen and oxygen atoms in total. The molecule has 14 heavy (non-hydrogen) atoms. The van der Waals surface area contributed by atoms with E-state index in [1.165, 1.54) is 0 Å². The van der Waals surface area contributed by atoms with Crippen molar-refractivity contribution in [3.63, 3.8) is 0 Å². The number of aromatic nitrogens is 1. The SMILES string of the molecule is CC(NC(C)c1ccncc1)C(N)=O. The molecule has 2 unspecified atom stereocenters. The highest BCUT2D eigenvalue weighted by atomic mass is 16.1. The van der Waals surface area contributed by atoms with Crippen LogP contribution in [0.1, 0.15) is 25.5 Å². The van der Waals surface area contributed by atoms with E-state index in [0.29, 0.717) is 0 Å². The predicted molar refractivity (Wildman–Crippen MR) is 54.4 cm³/mol. The third-order valence-corrected chi connectivity index (χ3v) is 2.13. The lowest BCUT2D eigenvalue weighted by atomic mass is 10.1. The summed E-state index contributed by atoms with van der Waals surface area (Å²) in [6, 6.07) is 3.59. The van der Waals surface area contributed by atoms with Gasteiger partial charge in [-0.25, -0.2) is 0 Å². The van der Waals surface area contributed by atoms with E-state index in [9.17, 15) is 4.79 Å². The molecule has 0 bridgehead atoms. The zero-order valence-corrected chi connectivity index (χ0v) is 8.40. The minimum Gasteiger partial charge on any atom is -0.368 e. The van der Waals surface area contributed by atoms with Crippen molar-refractivity contribution in [2.24, 2.45) is 5.73 Å². The first-order valence-corrected chi connectivity index (χ1v) is 4.56. The Labute approximate surface area is 83.5 Å². The van der Waals surface area contributed by atoms with Gasteiger partial charge in [0.1, 0.15) is 0 Å². The molecule has 0 aliphatic carbocycles. The van der Waals surface area contributed by atoms with Crippen LogP contribution in [-0.4, -0.2) is 16.9 Å². The summed E-state index contributed by atoms with van der Waals surface area (Å²) in [6.07, 6.45) is 3.45. The van der Waals surface area contributed by atoms with Gasteiger partial charge in [-0.15, -0.1) is 0 Å². The molecule has 1 amide bonds. The maximum Gasteiger partial charge on any atom is 0.234 e. The van der Waals surface area contributed by atoms with E-state index in [0.717, 1.165) is 5.56 Å². The topological polar surface area (TPSA) is 68.0 Å². The third-order valence-electron chi connectivity index (χ3n) is 2.13. The van der Waals surface area contributed by atoms with Crippen LogP contribution in [0.25, 0.3) is 0 Å². The van der Waals surface area contributed by atoms with Crippen LogP contribution >= 0.6 is 0 Å². The molecular weight excluding hydrogens is 178 g/mol. The van der Waals surface area contributed by atoms with Gasteiger partial charge in [0.05, 0.1) is 6.04 Å². The molecule has 1 rings (SSSR count). The van der Waals surface area contributed by atoms with Crippen LogP contribution in [0.3, 0.4) is 0 Å². The van der Waals surface area contributed by atoms with Crippen molar-refractivity contribution < 1.29 is 4.79 Å². The Kier molecular flexibility index (Phi) is 3.59. The van der Waals surface area contributed by atoms with Crippen LogP contribution in [0.4, 0.5) is 0 Å². The van der Waals surface area contributed by atoms with Crippen molar-refractivity contribution >= 4 is 5.91 Å². The molecule has 1 heterocycles. The van der Waals surface area contributed by atoms with Crippen molar-refractivity contribution in [1.82, 2.24) is 10.3 Å². The van der Waals surface area contributed by atoms with Crippen LogP contribution in [0, 0.1) is 0 Å². The Morgan fingerprint density at radius 1 is 1.43 bits per heavy atom. The third kappa shape index (κ3) is 2.81. The van der Waals surface area contributed by atoms with E-state index < -0.39 is 0 Å². The number of hydrogen-bond donors (Lipinski definition) is 2. The highest BCUT2D eigenvalue weighted by Gasteiger charge is 2.12. The van der Waals surface area contributed by atoms with Crippen molar-refractivity contribution in [2.45, 2.75) is 25.9 Å². The van der Waals surface area contributed by atoms with Gasteiger partial charge < -0.3 is 5.73 Å². The Morgan fingerprint density at radius 2 is 2.00 bits per heavy atom. The number of nitrogens with zero attached hydrogens (tertiary/aromatic N) is 1. The summed E-state index contributed by atoms with van der Waals surface area (Å²) in [5, 5.41) is 3.09. The standard InChI is InChI=1S/C10H15N3O/c1-7(13-8(2)10(11)14)9-3-5-12-6-4-9/h3-8,13H,1-2H3,(H2,11,14). The molecule has 0 aliphatic rings. The predicted octanol–water partition coefficient (Wildman–Crippen LogP) is 0.606. The molecular formula is C10H15N3O. The molecule has 2 atom stereocenters. The maximum absolute atomic E-state index is 10.8. The van der Waals surface area contributed by atoms with Crippen LogP contribution < -0.4 is 11.1 Å². The number of nitrogens with one attached hydrogen (secondary N) is 1. The summed E-state index contributed by atoms with van der Waals surface area (Å²) in [5.41, 5.74) is 6.24. The lowest BCUT2D eigenvalue weighted by Gasteiger charge is -2.17. The quantitative estimate of drug-likeness (QED) is 0.736. The Morgan fingerprint density at radius 3 is 2.50 bits per heavy atom. The summed E-state index contributed by atoms with van der Waals surface area (Å²) in [4.78, 5) is 14.7. The lowest BCUT2D eigenvalue weighted by Crippen LogP contribution is -2.39. The second-order valence-electron chi connectivity index (χ2n) is 3.29. The number of amides is 1. The minimum absolute atomic E-state index is 0.0977. The normalized spacial score (nSPS) is 14.7. The second kappa shape index (κ2) is 4.72. The molecule has 4 heteroatoms. The fourth-order valence-electron chi connectivity index (χ4n) is 1.21. The number of primary amides is 1. The summed E-state index contributed by atoms with van der Waals surface area (Å²) >= 11 is 0. The first-order chi connectivity index (χ1) is 6.61. The maximum atomic E-state index is 10.8. The highest BCUT2D eigenvalue weighted by molar-refractivity contribution is 5.79. The molecule has 0 aliphatic heterocycles. The smallest absolute Gasteiger partial charge is 0.234 e. The van der Waals surface area contributed by atoms with Crippen molar-refractivity contribution in [3.05, 3.63) is 30.1 Å². The fourth-order valence-corrected chi connectivity index (χ4v) is 1.21. The molecule has 76 valence electrons. The number of carbonyl (C=O) groups excluding carboxylic acids is 1. The number of hydrogen-bond acceptors (Lipinski definition) is 3. The summed E-state index contributed by atoms with van der Waals surface area (Å²) in [6.45, 7) is 3.73. The van der Waals surface area contributed by atoms with Crippen molar-refractivity contribution in [3.8, 4) is 0 Å². The summed E-state index contributed by atoms with van der Waals surface area (Å²) in [5.74, 6) is -0.342. The molecule has 0 saturated heterocycles.